The minimum absolute atomic E-state index is 0.939. The molecule has 0 aliphatic carbocycles. The van der Waals surface area contributed by atoms with Gasteiger partial charge in [0.1, 0.15) is 5.82 Å². The van der Waals surface area contributed by atoms with Crippen LogP contribution < -0.4 is 0 Å². The molecule has 2 nitrogen and oxygen atoms in total. The first-order valence-corrected chi connectivity index (χ1v) is 22.1. The van der Waals surface area contributed by atoms with Crippen molar-refractivity contribution in [2.45, 2.75) is 6.92 Å². The normalized spacial score (nSPS) is 11.8. The number of hydrogen-bond acceptors (Lipinski definition) is 1. The van der Waals surface area contributed by atoms with Crippen LogP contribution in [0, 0.1) is 6.92 Å². The number of imidazole rings is 1. The quantitative estimate of drug-likeness (QED) is 0.158. The maximum Gasteiger partial charge on any atom is 0.145 e. The van der Waals surface area contributed by atoms with Crippen molar-refractivity contribution in [1.29, 1.82) is 0 Å². The summed E-state index contributed by atoms with van der Waals surface area (Å²) in [5.41, 5.74) is 13.1. The zero-order valence-electron chi connectivity index (χ0n) is 35.3. The Bertz CT molecular complexity index is 3910. The molecule has 0 aliphatic heterocycles. The molecular formula is C62H40N2. The topological polar surface area (TPSA) is 17.8 Å². The van der Waals surface area contributed by atoms with Gasteiger partial charge in [0.25, 0.3) is 0 Å². The molecule has 12 aromatic carbocycles. The highest BCUT2D eigenvalue weighted by Crippen LogP contribution is 2.46. The Balaban J connectivity index is 0.934. The summed E-state index contributed by atoms with van der Waals surface area (Å²) in [7, 11) is 0. The molecule has 2 heteroatoms. The molecule has 0 aliphatic rings. The zero-order chi connectivity index (χ0) is 42.3. The van der Waals surface area contributed by atoms with Crippen molar-refractivity contribution >= 4 is 75.7 Å². The fourth-order valence-corrected chi connectivity index (χ4v) is 10.6. The number of rotatable bonds is 5. The highest BCUT2D eigenvalue weighted by atomic mass is 15.1. The van der Waals surface area contributed by atoms with Gasteiger partial charge in [-0.1, -0.05) is 176 Å². The molecule has 0 spiro atoms. The molecule has 0 fully saturated rings. The van der Waals surface area contributed by atoms with E-state index in [2.05, 4.69) is 236 Å². The number of aryl methyl sites for hydroxylation is 1. The summed E-state index contributed by atoms with van der Waals surface area (Å²) in [6, 6.07) is 82.3. The van der Waals surface area contributed by atoms with Crippen LogP contribution in [0.5, 0.6) is 0 Å². The maximum absolute atomic E-state index is 5.15. The minimum atomic E-state index is 0.939. The summed E-state index contributed by atoms with van der Waals surface area (Å²) in [5, 5.41) is 15.0. The third-order valence-electron chi connectivity index (χ3n) is 13.5. The van der Waals surface area contributed by atoms with Crippen LogP contribution in [0.25, 0.3) is 126 Å². The summed E-state index contributed by atoms with van der Waals surface area (Å²) < 4.78 is 2.27. The molecule has 64 heavy (non-hydrogen) atoms. The fourth-order valence-electron chi connectivity index (χ4n) is 10.6. The second-order valence-corrected chi connectivity index (χ2v) is 17.1. The average molecular weight is 813 g/mol. The van der Waals surface area contributed by atoms with Gasteiger partial charge in [-0.25, -0.2) is 4.98 Å². The monoisotopic (exact) mass is 812 g/mol. The fraction of sp³-hybridized carbons (Fsp3) is 0.0161. The van der Waals surface area contributed by atoms with E-state index in [0.29, 0.717) is 0 Å². The van der Waals surface area contributed by atoms with E-state index in [-0.39, 0.29) is 0 Å². The number of aromatic nitrogens is 2. The Kier molecular flexibility index (Phi) is 8.16. The van der Waals surface area contributed by atoms with Crippen molar-refractivity contribution in [3.63, 3.8) is 0 Å². The number of para-hydroxylation sites is 3. The predicted octanol–water partition coefficient (Wildman–Crippen LogP) is 16.9. The molecule has 0 atom stereocenters. The second-order valence-electron chi connectivity index (χ2n) is 17.1. The number of fused-ring (bicyclic) bond motifs is 7. The number of nitrogens with zero attached hydrogens (tertiary/aromatic N) is 2. The third-order valence-corrected chi connectivity index (χ3v) is 13.5. The van der Waals surface area contributed by atoms with E-state index in [0.717, 1.165) is 28.1 Å². The standard InChI is InChI=1S/C62H40N2/c1-39-49-17-5-7-19-51(49)59(52-20-8-6-18-50(39)52)44-31-27-41-36-45(32-28-40(41)35-44)60-53-21-9-11-23-55(53)61(56-24-12-10-22-54(56)60)46-33-29-43-38-47(34-30-42(43)37-46)62-63-57-25-13-14-26-58(57)64(62)48-15-3-2-4-16-48/h2-38H,1H3. The number of benzene rings is 12. The highest BCUT2D eigenvalue weighted by Gasteiger charge is 2.19. The maximum atomic E-state index is 5.15. The molecule has 0 bridgehead atoms. The van der Waals surface area contributed by atoms with E-state index in [9.17, 15) is 0 Å². The first-order chi connectivity index (χ1) is 31.7. The molecular weight excluding hydrogens is 773 g/mol. The van der Waals surface area contributed by atoms with Crippen LogP contribution in [0.1, 0.15) is 5.56 Å². The molecule has 0 radical (unpaired) electrons. The third kappa shape index (κ3) is 5.63. The van der Waals surface area contributed by atoms with Crippen LogP contribution in [0.4, 0.5) is 0 Å². The van der Waals surface area contributed by atoms with Crippen molar-refractivity contribution in [2.75, 3.05) is 0 Å². The Labute approximate surface area is 370 Å². The van der Waals surface area contributed by atoms with Crippen molar-refractivity contribution in [3.8, 4) is 50.5 Å². The zero-order valence-corrected chi connectivity index (χ0v) is 35.3. The predicted molar refractivity (Wildman–Crippen MR) is 273 cm³/mol. The first kappa shape index (κ1) is 36.3. The van der Waals surface area contributed by atoms with E-state index in [1.807, 2.05) is 0 Å². The van der Waals surface area contributed by atoms with Gasteiger partial charge in [-0.2, -0.15) is 0 Å². The van der Waals surface area contributed by atoms with E-state index in [1.54, 1.807) is 0 Å². The van der Waals surface area contributed by atoms with Crippen LogP contribution in [-0.2, 0) is 0 Å². The van der Waals surface area contributed by atoms with Crippen LogP contribution in [0.15, 0.2) is 224 Å². The van der Waals surface area contributed by atoms with Gasteiger partial charge in [0, 0.05) is 11.3 Å². The van der Waals surface area contributed by atoms with Crippen LogP contribution in [-0.4, -0.2) is 9.55 Å². The molecule has 13 aromatic rings. The summed E-state index contributed by atoms with van der Waals surface area (Å²) in [6.45, 7) is 2.25. The van der Waals surface area contributed by atoms with Crippen molar-refractivity contribution in [2.24, 2.45) is 0 Å². The summed E-state index contributed by atoms with van der Waals surface area (Å²) in [5.74, 6) is 0.939. The van der Waals surface area contributed by atoms with Gasteiger partial charge in [-0.05, 0) is 159 Å². The van der Waals surface area contributed by atoms with Gasteiger partial charge in [-0.15, -0.1) is 0 Å². The van der Waals surface area contributed by atoms with E-state index in [1.165, 1.54) is 104 Å². The van der Waals surface area contributed by atoms with Gasteiger partial charge in [-0.3, -0.25) is 4.57 Å². The van der Waals surface area contributed by atoms with E-state index < -0.39 is 0 Å². The summed E-state index contributed by atoms with van der Waals surface area (Å²) in [4.78, 5) is 5.15. The lowest BCUT2D eigenvalue weighted by Gasteiger charge is -2.19. The van der Waals surface area contributed by atoms with Crippen molar-refractivity contribution in [1.82, 2.24) is 9.55 Å². The molecule has 298 valence electrons. The Hall–Kier alpha value is -8.33. The van der Waals surface area contributed by atoms with E-state index >= 15 is 0 Å². The van der Waals surface area contributed by atoms with Gasteiger partial charge >= 0.3 is 0 Å². The summed E-state index contributed by atoms with van der Waals surface area (Å²) >= 11 is 0. The molecule has 0 unspecified atom stereocenters. The van der Waals surface area contributed by atoms with Gasteiger partial charge in [0.05, 0.1) is 11.0 Å². The first-order valence-electron chi connectivity index (χ1n) is 22.1. The number of hydrogen-bond donors (Lipinski definition) is 0. The van der Waals surface area contributed by atoms with Crippen molar-refractivity contribution in [3.05, 3.63) is 230 Å². The molecule has 1 aromatic heterocycles. The molecule has 0 N–H and O–H groups in total. The Morgan fingerprint density at radius 3 is 1.11 bits per heavy atom. The molecule has 0 saturated heterocycles. The Morgan fingerprint density at radius 2 is 0.656 bits per heavy atom. The molecule has 0 saturated carbocycles. The van der Waals surface area contributed by atoms with Crippen LogP contribution >= 0.6 is 0 Å². The molecule has 0 amide bonds. The lowest BCUT2D eigenvalue weighted by atomic mass is 9.85. The van der Waals surface area contributed by atoms with Gasteiger partial charge in [0.2, 0.25) is 0 Å². The van der Waals surface area contributed by atoms with Gasteiger partial charge < -0.3 is 0 Å². The summed E-state index contributed by atoms with van der Waals surface area (Å²) in [6.07, 6.45) is 0. The highest BCUT2D eigenvalue weighted by molar-refractivity contribution is 6.22. The van der Waals surface area contributed by atoms with Gasteiger partial charge in [0.15, 0.2) is 0 Å². The lowest BCUT2D eigenvalue weighted by molar-refractivity contribution is 1.10. The van der Waals surface area contributed by atoms with Crippen LogP contribution in [0.2, 0.25) is 0 Å². The van der Waals surface area contributed by atoms with E-state index in [4.69, 9.17) is 4.98 Å². The van der Waals surface area contributed by atoms with Crippen molar-refractivity contribution < 1.29 is 0 Å². The molecule has 13 rings (SSSR count). The van der Waals surface area contributed by atoms with Crippen LogP contribution in [0.3, 0.4) is 0 Å². The largest absolute Gasteiger partial charge is 0.292 e. The Morgan fingerprint density at radius 1 is 0.312 bits per heavy atom. The molecule has 1 heterocycles. The minimum Gasteiger partial charge on any atom is -0.292 e. The second kappa shape index (κ2) is 14.4. The smallest absolute Gasteiger partial charge is 0.145 e. The SMILES string of the molecule is Cc1c2ccccc2c(-c2ccc3cc(-c4c5ccccc5c(-c5ccc6cc(-c7nc8ccccc8n7-c7ccccc7)ccc6c5)c5ccccc45)ccc3c2)c2ccccc12. The average Bonchev–Trinajstić information content (AvgIpc) is 3.75. The lowest BCUT2D eigenvalue weighted by Crippen LogP contribution is -1.97.